The average Bonchev–Trinajstić information content (AvgIpc) is 2.82. The summed E-state index contributed by atoms with van der Waals surface area (Å²) in [6, 6.07) is 14.6. The fourth-order valence-electron chi connectivity index (χ4n) is 3.02. The van der Waals surface area contributed by atoms with Crippen molar-refractivity contribution in [1.29, 1.82) is 0 Å². The van der Waals surface area contributed by atoms with Crippen molar-refractivity contribution < 1.29 is 14.6 Å². The number of anilines is 2. The molecule has 0 aliphatic carbocycles. The molecule has 9 heteroatoms. The molecule has 0 bridgehead atoms. The van der Waals surface area contributed by atoms with Crippen molar-refractivity contribution >= 4 is 17.7 Å². The van der Waals surface area contributed by atoms with Gasteiger partial charge in [0.05, 0.1) is 37.4 Å². The molecule has 2 aromatic heterocycles. The summed E-state index contributed by atoms with van der Waals surface area (Å²) < 4.78 is 11.3. The number of rotatable bonds is 8. The number of nitrogens with one attached hydrogen (secondary N) is 1. The van der Waals surface area contributed by atoms with Gasteiger partial charge in [-0.3, -0.25) is 10.4 Å². The monoisotopic (exact) mass is 420 g/mol. The summed E-state index contributed by atoms with van der Waals surface area (Å²) in [6.45, 7) is 3.25. The second-order valence-electron chi connectivity index (χ2n) is 6.87. The third-order valence-electron chi connectivity index (χ3n) is 4.62. The summed E-state index contributed by atoms with van der Waals surface area (Å²) in [5, 5.41) is 13.6. The highest BCUT2D eigenvalue weighted by Gasteiger charge is 2.15. The number of aromatic hydroxyl groups is 1. The van der Waals surface area contributed by atoms with Crippen LogP contribution in [-0.4, -0.2) is 59.2 Å². The van der Waals surface area contributed by atoms with Crippen LogP contribution < -0.4 is 15.1 Å². The normalized spacial score (nSPS) is 14.0. The zero-order chi connectivity index (χ0) is 21.3. The number of hydrogen-bond acceptors (Lipinski definition) is 9. The van der Waals surface area contributed by atoms with Gasteiger partial charge in [0.2, 0.25) is 0 Å². The fourth-order valence-corrected chi connectivity index (χ4v) is 3.02. The summed E-state index contributed by atoms with van der Waals surface area (Å²) in [5.41, 5.74) is 5.24. The largest absolute Gasteiger partial charge is 0.508 e. The zero-order valence-corrected chi connectivity index (χ0v) is 17.0. The van der Waals surface area contributed by atoms with Crippen molar-refractivity contribution in [3.63, 3.8) is 0 Å². The standard InChI is InChI=1S/C22H24N6O3/c29-20-6-4-18(5-7-20)27-24-16-19-15-21(28-10-13-30-14-11-28)26-22(25-19)31-12-8-17-3-1-2-9-23-17/h1-7,9,15-16,27,29H,8,10-14H2/b24-16+. The number of morpholine rings is 1. The number of benzene rings is 1. The molecule has 0 radical (unpaired) electrons. The molecule has 1 aromatic carbocycles. The van der Waals surface area contributed by atoms with Crippen LogP contribution in [0.1, 0.15) is 11.4 Å². The molecule has 3 aromatic rings. The van der Waals surface area contributed by atoms with Crippen molar-refractivity contribution in [2.75, 3.05) is 43.2 Å². The van der Waals surface area contributed by atoms with Crippen LogP contribution in [0.4, 0.5) is 11.5 Å². The van der Waals surface area contributed by atoms with Crippen molar-refractivity contribution in [2.45, 2.75) is 6.42 Å². The Balaban J connectivity index is 1.46. The van der Waals surface area contributed by atoms with Crippen LogP contribution >= 0.6 is 0 Å². The minimum absolute atomic E-state index is 0.202. The number of hydrogen-bond donors (Lipinski definition) is 2. The fraction of sp³-hybridized carbons (Fsp3) is 0.273. The highest BCUT2D eigenvalue weighted by atomic mass is 16.5. The van der Waals surface area contributed by atoms with Crippen LogP contribution in [0.25, 0.3) is 0 Å². The van der Waals surface area contributed by atoms with E-state index in [0.29, 0.717) is 37.9 Å². The molecule has 0 saturated carbocycles. The van der Waals surface area contributed by atoms with E-state index in [-0.39, 0.29) is 5.75 Å². The smallest absolute Gasteiger partial charge is 0.318 e. The van der Waals surface area contributed by atoms with Crippen molar-refractivity contribution in [1.82, 2.24) is 15.0 Å². The number of hydrazone groups is 1. The summed E-state index contributed by atoms with van der Waals surface area (Å²) >= 11 is 0. The van der Waals surface area contributed by atoms with Gasteiger partial charge in [-0.2, -0.15) is 15.1 Å². The zero-order valence-electron chi connectivity index (χ0n) is 17.0. The molecule has 1 saturated heterocycles. The third kappa shape index (κ3) is 6.13. The molecule has 160 valence electrons. The molecule has 3 heterocycles. The Kier molecular flexibility index (Phi) is 6.86. The van der Waals surface area contributed by atoms with E-state index in [9.17, 15) is 5.11 Å². The van der Waals surface area contributed by atoms with Gasteiger partial charge in [0.25, 0.3) is 0 Å². The SMILES string of the molecule is Oc1ccc(N/N=C/c2cc(N3CCOCC3)nc(OCCc3ccccn3)n2)cc1. The predicted molar refractivity (Wildman–Crippen MR) is 118 cm³/mol. The number of nitrogens with zero attached hydrogens (tertiary/aromatic N) is 5. The van der Waals surface area contributed by atoms with E-state index in [1.807, 2.05) is 24.3 Å². The molecule has 0 unspecified atom stereocenters. The van der Waals surface area contributed by atoms with Crippen LogP contribution in [0, 0.1) is 0 Å². The van der Waals surface area contributed by atoms with Gasteiger partial charge in [0.15, 0.2) is 0 Å². The van der Waals surface area contributed by atoms with Crippen molar-refractivity contribution in [3.8, 4) is 11.8 Å². The van der Waals surface area contributed by atoms with Crippen molar-refractivity contribution in [3.05, 3.63) is 66.1 Å². The molecule has 31 heavy (non-hydrogen) atoms. The van der Waals surface area contributed by atoms with E-state index >= 15 is 0 Å². The minimum atomic E-state index is 0.202. The topological polar surface area (TPSA) is 105 Å². The Bertz CT molecular complexity index is 992. The maximum absolute atomic E-state index is 9.37. The van der Waals surface area contributed by atoms with Gasteiger partial charge in [0.1, 0.15) is 11.6 Å². The Morgan fingerprint density at radius 2 is 1.97 bits per heavy atom. The Hall–Kier alpha value is -3.72. The molecule has 0 spiro atoms. The number of aromatic nitrogens is 3. The van der Waals surface area contributed by atoms with Gasteiger partial charge in [0, 0.05) is 37.5 Å². The molecule has 1 aliphatic heterocycles. The Morgan fingerprint density at radius 3 is 2.74 bits per heavy atom. The first-order valence-electron chi connectivity index (χ1n) is 10.1. The minimum Gasteiger partial charge on any atom is -0.508 e. The number of ether oxygens (including phenoxy) is 2. The van der Waals surface area contributed by atoms with Gasteiger partial charge in [-0.15, -0.1) is 0 Å². The number of pyridine rings is 1. The van der Waals surface area contributed by atoms with Crippen LogP contribution in [-0.2, 0) is 11.2 Å². The Labute approximate surface area is 180 Å². The lowest BCUT2D eigenvalue weighted by atomic mass is 10.3. The van der Waals surface area contributed by atoms with E-state index in [1.54, 1.807) is 36.7 Å². The van der Waals surface area contributed by atoms with E-state index in [4.69, 9.17) is 9.47 Å². The predicted octanol–water partition coefficient (Wildman–Crippen LogP) is 2.48. The lowest BCUT2D eigenvalue weighted by molar-refractivity contribution is 0.122. The molecular formula is C22H24N6O3. The van der Waals surface area contributed by atoms with E-state index in [2.05, 4.69) is 30.4 Å². The van der Waals surface area contributed by atoms with Gasteiger partial charge < -0.3 is 19.5 Å². The maximum atomic E-state index is 9.37. The molecule has 9 nitrogen and oxygen atoms in total. The first-order chi connectivity index (χ1) is 15.3. The average molecular weight is 420 g/mol. The van der Waals surface area contributed by atoms with Crippen LogP contribution in [0.15, 0.2) is 59.8 Å². The molecule has 2 N–H and O–H groups in total. The molecular weight excluding hydrogens is 396 g/mol. The molecule has 4 rings (SSSR count). The molecule has 1 aliphatic rings. The number of phenolic OH excluding ortho intramolecular Hbond substituents is 1. The van der Waals surface area contributed by atoms with E-state index in [0.717, 1.165) is 30.3 Å². The lowest BCUT2D eigenvalue weighted by Gasteiger charge is -2.28. The van der Waals surface area contributed by atoms with E-state index < -0.39 is 0 Å². The van der Waals surface area contributed by atoms with Gasteiger partial charge >= 0.3 is 6.01 Å². The van der Waals surface area contributed by atoms with Crippen LogP contribution in [0.3, 0.4) is 0 Å². The summed E-state index contributed by atoms with van der Waals surface area (Å²) in [5.74, 6) is 0.977. The maximum Gasteiger partial charge on any atom is 0.318 e. The summed E-state index contributed by atoms with van der Waals surface area (Å²) in [6.07, 6.45) is 4.04. The van der Waals surface area contributed by atoms with Crippen LogP contribution in [0.5, 0.6) is 11.8 Å². The highest BCUT2D eigenvalue weighted by molar-refractivity contribution is 5.79. The van der Waals surface area contributed by atoms with Gasteiger partial charge in [-0.1, -0.05) is 6.07 Å². The second kappa shape index (κ2) is 10.4. The van der Waals surface area contributed by atoms with Gasteiger partial charge in [-0.05, 0) is 36.4 Å². The Morgan fingerprint density at radius 1 is 1.13 bits per heavy atom. The molecule has 1 fully saturated rings. The highest BCUT2D eigenvalue weighted by Crippen LogP contribution is 2.18. The number of phenols is 1. The lowest BCUT2D eigenvalue weighted by Crippen LogP contribution is -2.37. The second-order valence-corrected chi connectivity index (χ2v) is 6.87. The first kappa shape index (κ1) is 20.5. The summed E-state index contributed by atoms with van der Waals surface area (Å²) in [7, 11) is 0. The van der Waals surface area contributed by atoms with Crippen molar-refractivity contribution in [2.24, 2.45) is 5.10 Å². The van der Waals surface area contributed by atoms with Gasteiger partial charge in [-0.25, -0.2) is 0 Å². The third-order valence-corrected chi connectivity index (χ3v) is 4.62. The molecule has 0 amide bonds. The van der Waals surface area contributed by atoms with E-state index in [1.165, 1.54) is 0 Å². The molecule has 0 atom stereocenters. The van der Waals surface area contributed by atoms with Crippen LogP contribution in [0.2, 0.25) is 0 Å². The summed E-state index contributed by atoms with van der Waals surface area (Å²) in [4.78, 5) is 15.5. The first-order valence-corrected chi connectivity index (χ1v) is 10.1. The quantitative estimate of drug-likeness (QED) is 0.325.